The van der Waals surface area contributed by atoms with E-state index in [1.54, 1.807) is 12.1 Å². The molecule has 19 heavy (non-hydrogen) atoms. The number of aliphatic hydroxyl groups excluding tert-OH is 1. The molecule has 0 saturated carbocycles. The predicted octanol–water partition coefficient (Wildman–Crippen LogP) is 3.93. The Morgan fingerprint density at radius 2 is 1.89 bits per heavy atom. The Bertz CT molecular complexity index is 557. The maximum absolute atomic E-state index is 13.9. The SMILES string of the molecule is Cc1ccc(NC(CO)c2cccc(Cl)c2F)cc1. The number of aliphatic hydroxyl groups is 1. The second-order valence-electron chi connectivity index (χ2n) is 4.39. The minimum atomic E-state index is -0.526. The molecule has 2 N–H and O–H groups in total. The van der Waals surface area contributed by atoms with E-state index in [0.29, 0.717) is 5.56 Å². The summed E-state index contributed by atoms with van der Waals surface area (Å²) in [4.78, 5) is 0. The number of aryl methyl sites for hydroxylation is 1. The molecule has 100 valence electrons. The highest BCUT2D eigenvalue weighted by molar-refractivity contribution is 6.30. The van der Waals surface area contributed by atoms with E-state index in [2.05, 4.69) is 5.32 Å². The molecular weight excluding hydrogens is 265 g/mol. The van der Waals surface area contributed by atoms with Crippen molar-refractivity contribution in [2.24, 2.45) is 0 Å². The highest BCUT2D eigenvalue weighted by Crippen LogP contribution is 2.26. The van der Waals surface area contributed by atoms with Crippen molar-refractivity contribution in [3.8, 4) is 0 Å². The van der Waals surface area contributed by atoms with Crippen molar-refractivity contribution in [1.29, 1.82) is 0 Å². The lowest BCUT2D eigenvalue weighted by Crippen LogP contribution is -2.16. The van der Waals surface area contributed by atoms with Crippen LogP contribution in [0.5, 0.6) is 0 Å². The first kappa shape index (κ1) is 13.8. The van der Waals surface area contributed by atoms with Crippen molar-refractivity contribution in [3.63, 3.8) is 0 Å². The number of benzene rings is 2. The smallest absolute Gasteiger partial charge is 0.147 e. The molecule has 2 nitrogen and oxygen atoms in total. The molecular formula is C15H15ClFNO. The zero-order chi connectivity index (χ0) is 13.8. The third-order valence-electron chi connectivity index (χ3n) is 2.93. The number of hydrogen-bond acceptors (Lipinski definition) is 2. The summed E-state index contributed by atoms with van der Waals surface area (Å²) in [5.74, 6) is -0.497. The molecule has 2 aromatic carbocycles. The van der Waals surface area contributed by atoms with Crippen LogP contribution in [0.2, 0.25) is 5.02 Å². The molecule has 1 unspecified atom stereocenters. The van der Waals surface area contributed by atoms with Crippen molar-refractivity contribution >= 4 is 17.3 Å². The maximum atomic E-state index is 13.9. The Kier molecular flexibility index (Phi) is 4.40. The number of halogens is 2. The summed E-state index contributed by atoms with van der Waals surface area (Å²) in [6.07, 6.45) is 0. The van der Waals surface area contributed by atoms with Gasteiger partial charge in [-0.25, -0.2) is 4.39 Å². The minimum absolute atomic E-state index is 0.0571. The van der Waals surface area contributed by atoms with Gasteiger partial charge in [0.2, 0.25) is 0 Å². The van der Waals surface area contributed by atoms with Crippen LogP contribution in [-0.2, 0) is 0 Å². The van der Waals surface area contributed by atoms with Gasteiger partial charge in [-0.05, 0) is 25.1 Å². The van der Waals surface area contributed by atoms with Gasteiger partial charge in [-0.1, -0.05) is 41.4 Å². The molecule has 0 heterocycles. The lowest BCUT2D eigenvalue weighted by molar-refractivity contribution is 0.274. The fourth-order valence-electron chi connectivity index (χ4n) is 1.86. The fourth-order valence-corrected chi connectivity index (χ4v) is 2.04. The van der Waals surface area contributed by atoms with Crippen LogP contribution in [0.15, 0.2) is 42.5 Å². The molecule has 0 amide bonds. The van der Waals surface area contributed by atoms with E-state index < -0.39 is 11.9 Å². The second kappa shape index (κ2) is 6.04. The molecule has 0 bridgehead atoms. The van der Waals surface area contributed by atoms with Crippen molar-refractivity contribution in [3.05, 3.63) is 64.4 Å². The van der Waals surface area contributed by atoms with Crippen LogP contribution in [0.4, 0.5) is 10.1 Å². The van der Waals surface area contributed by atoms with Crippen LogP contribution in [0.1, 0.15) is 17.2 Å². The van der Waals surface area contributed by atoms with E-state index in [-0.39, 0.29) is 11.6 Å². The molecule has 0 radical (unpaired) electrons. The first-order chi connectivity index (χ1) is 9.11. The van der Waals surface area contributed by atoms with Gasteiger partial charge in [0.1, 0.15) is 5.82 Å². The molecule has 0 spiro atoms. The lowest BCUT2D eigenvalue weighted by atomic mass is 10.1. The maximum Gasteiger partial charge on any atom is 0.147 e. The van der Waals surface area contributed by atoms with Gasteiger partial charge < -0.3 is 10.4 Å². The molecule has 1 atom stereocenters. The topological polar surface area (TPSA) is 32.3 Å². The van der Waals surface area contributed by atoms with Crippen molar-refractivity contribution in [2.75, 3.05) is 11.9 Å². The van der Waals surface area contributed by atoms with Crippen LogP contribution in [-0.4, -0.2) is 11.7 Å². The monoisotopic (exact) mass is 279 g/mol. The third-order valence-corrected chi connectivity index (χ3v) is 3.22. The highest BCUT2D eigenvalue weighted by atomic mass is 35.5. The molecule has 4 heteroatoms. The molecule has 0 fully saturated rings. The number of anilines is 1. The van der Waals surface area contributed by atoms with Gasteiger partial charge >= 0.3 is 0 Å². The average molecular weight is 280 g/mol. The summed E-state index contributed by atoms with van der Waals surface area (Å²) < 4.78 is 13.9. The zero-order valence-electron chi connectivity index (χ0n) is 10.5. The number of nitrogens with one attached hydrogen (secondary N) is 1. The van der Waals surface area contributed by atoms with Gasteiger partial charge in [-0.2, -0.15) is 0 Å². The molecule has 0 aliphatic carbocycles. The standard InChI is InChI=1S/C15H15ClFNO/c1-10-5-7-11(8-6-10)18-14(9-19)12-3-2-4-13(16)15(12)17/h2-8,14,18-19H,9H2,1H3. The Hall–Kier alpha value is -1.58. The summed E-state index contributed by atoms with van der Waals surface area (Å²) in [5.41, 5.74) is 2.32. The van der Waals surface area contributed by atoms with Gasteiger partial charge in [0, 0.05) is 11.3 Å². The molecule has 0 aliphatic heterocycles. The lowest BCUT2D eigenvalue weighted by Gasteiger charge is -2.19. The largest absolute Gasteiger partial charge is 0.394 e. The molecule has 2 rings (SSSR count). The van der Waals surface area contributed by atoms with Crippen molar-refractivity contribution in [1.82, 2.24) is 0 Å². The summed E-state index contributed by atoms with van der Waals surface area (Å²) in [6, 6.07) is 11.9. The molecule has 0 saturated heterocycles. The first-order valence-electron chi connectivity index (χ1n) is 6.00. The highest BCUT2D eigenvalue weighted by Gasteiger charge is 2.16. The van der Waals surface area contributed by atoms with E-state index in [1.165, 1.54) is 6.07 Å². The van der Waals surface area contributed by atoms with Crippen LogP contribution >= 0.6 is 11.6 Å². The van der Waals surface area contributed by atoms with Crippen LogP contribution < -0.4 is 5.32 Å². The zero-order valence-corrected chi connectivity index (χ0v) is 11.3. The van der Waals surface area contributed by atoms with Gasteiger partial charge in [0.05, 0.1) is 17.7 Å². The normalized spacial score (nSPS) is 12.2. The number of hydrogen-bond donors (Lipinski definition) is 2. The van der Waals surface area contributed by atoms with Gasteiger partial charge in [-0.3, -0.25) is 0 Å². The van der Waals surface area contributed by atoms with Crippen molar-refractivity contribution < 1.29 is 9.50 Å². The Morgan fingerprint density at radius 3 is 2.53 bits per heavy atom. The Labute approximate surface area is 116 Å². The molecule has 0 aromatic heterocycles. The summed E-state index contributed by atoms with van der Waals surface area (Å²) in [7, 11) is 0. The van der Waals surface area contributed by atoms with Gasteiger partial charge in [0.25, 0.3) is 0 Å². The van der Waals surface area contributed by atoms with E-state index in [4.69, 9.17) is 11.6 Å². The molecule has 0 aliphatic rings. The first-order valence-corrected chi connectivity index (χ1v) is 6.37. The van der Waals surface area contributed by atoms with Crippen LogP contribution in [0.25, 0.3) is 0 Å². The van der Waals surface area contributed by atoms with E-state index in [1.807, 2.05) is 31.2 Å². The van der Waals surface area contributed by atoms with Gasteiger partial charge in [-0.15, -0.1) is 0 Å². The molecule has 2 aromatic rings. The van der Waals surface area contributed by atoms with E-state index in [9.17, 15) is 9.50 Å². The fraction of sp³-hybridized carbons (Fsp3) is 0.200. The summed E-state index contributed by atoms with van der Waals surface area (Å²) in [5, 5.41) is 12.6. The summed E-state index contributed by atoms with van der Waals surface area (Å²) >= 11 is 5.75. The number of rotatable bonds is 4. The third kappa shape index (κ3) is 3.25. The Morgan fingerprint density at radius 1 is 1.21 bits per heavy atom. The van der Waals surface area contributed by atoms with E-state index >= 15 is 0 Å². The quantitative estimate of drug-likeness (QED) is 0.889. The minimum Gasteiger partial charge on any atom is -0.394 e. The Balaban J connectivity index is 2.25. The van der Waals surface area contributed by atoms with Crippen LogP contribution in [0.3, 0.4) is 0 Å². The average Bonchev–Trinajstić information content (AvgIpc) is 2.42. The van der Waals surface area contributed by atoms with Gasteiger partial charge in [0.15, 0.2) is 0 Å². The van der Waals surface area contributed by atoms with E-state index in [0.717, 1.165) is 11.3 Å². The summed E-state index contributed by atoms with van der Waals surface area (Å²) in [6.45, 7) is 1.77. The second-order valence-corrected chi connectivity index (χ2v) is 4.80. The predicted molar refractivity (Wildman–Crippen MR) is 76.0 cm³/mol. The van der Waals surface area contributed by atoms with Crippen LogP contribution in [0, 0.1) is 12.7 Å². The van der Waals surface area contributed by atoms with Crippen molar-refractivity contribution in [2.45, 2.75) is 13.0 Å².